The van der Waals surface area contributed by atoms with Gasteiger partial charge < -0.3 is 5.73 Å². The Balaban J connectivity index is 2.28. The van der Waals surface area contributed by atoms with Crippen molar-refractivity contribution in [3.8, 4) is 0 Å². The van der Waals surface area contributed by atoms with Crippen LogP contribution in [0, 0.1) is 5.41 Å². The van der Waals surface area contributed by atoms with Crippen LogP contribution in [0.25, 0.3) is 0 Å². The first-order chi connectivity index (χ1) is 7.18. The molecule has 0 saturated carbocycles. The highest BCUT2D eigenvalue weighted by Gasteiger charge is 2.27. The third kappa shape index (κ3) is 1.83. The van der Waals surface area contributed by atoms with Crippen molar-refractivity contribution in [3.63, 3.8) is 0 Å². The van der Waals surface area contributed by atoms with Crippen molar-refractivity contribution in [2.75, 3.05) is 0 Å². The Bertz CT molecular complexity index is 396. The van der Waals surface area contributed by atoms with Crippen molar-refractivity contribution in [3.05, 3.63) is 35.9 Å². The van der Waals surface area contributed by atoms with Gasteiger partial charge in [0.25, 0.3) is 0 Å². The van der Waals surface area contributed by atoms with Gasteiger partial charge in [-0.2, -0.15) is 5.10 Å². The van der Waals surface area contributed by atoms with Gasteiger partial charge in [0.1, 0.15) is 0 Å². The smallest absolute Gasteiger partial charge is 0.209 e. The summed E-state index contributed by atoms with van der Waals surface area (Å²) in [5.74, 6) is 0.000651. The number of nitrogens with two attached hydrogens (primary N) is 1. The van der Waals surface area contributed by atoms with Crippen LogP contribution in [0.1, 0.15) is 24.9 Å². The summed E-state index contributed by atoms with van der Waals surface area (Å²) in [6.45, 7) is 1.96. The maximum Gasteiger partial charge on any atom is 0.209 e. The van der Waals surface area contributed by atoms with E-state index in [-0.39, 0.29) is 12.0 Å². The van der Waals surface area contributed by atoms with Crippen LogP contribution in [0.5, 0.6) is 0 Å². The molecule has 1 atom stereocenters. The molecule has 0 saturated heterocycles. The molecule has 0 bridgehead atoms. The number of hydrogen-bond donors (Lipinski definition) is 2. The number of guanidine groups is 1. The lowest BCUT2D eigenvalue weighted by Crippen LogP contribution is -2.32. The van der Waals surface area contributed by atoms with E-state index in [1.807, 2.05) is 37.3 Å². The molecule has 78 valence electrons. The molecule has 0 fully saturated rings. The zero-order chi connectivity index (χ0) is 10.8. The van der Waals surface area contributed by atoms with E-state index in [1.165, 1.54) is 0 Å². The van der Waals surface area contributed by atoms with Gasteiger partial charge in [-0.05, 0) is 12.5 Å². The molecule has 0 aliphatic carbocycles. The molecule has 1 unspecified atom stereocenters. The molecule has 2 rings (SSSR count). The predicted molar refractivity (Wildman–Crippen MR) is 60.7 cm³/mol. The van der Waals surface area contributed by atoms with Crippen LogP contribution >= 0.6 is 0 Å². The van der Waals surface area contributed by atoms with E-state index >= 15 is 0 Å². The molecular formula is C11H14N4. The second-order valence-electron chi connectivity index (χ2n) is 3.70. The lowest BCUT2D eigenvalue weighted by molar-refractivity contribution is 0.363. The van der Waals surface area contributed by atoms with Gasteiger partial charge >= 0.3 is 0 Å². The van der Waals surface area contributed by atoms with E-state index in [1.54, 1.807) is 5.01 Å². The normalized spacial score (nSPS) is 20.2. The minimum absolute atomic E-state index is 0.000651. The highest BCUT2D eigenvalue weighted by molar-refractivity contribution is 5.88. The third-order valence-corrected chi connectivity index (χ3v) is 2.49. The van der Waals surface area contributed by atoms with Gasteiger partial charge in [0.05, 0.1) is 6.04 Å². The summed E-state index contributed by atoms with van der Waals surface area (Å²) >= 11 is 0. The van der Waals surface area contributed by atoms with Crippen LogP contribution in [0.3, 0.4) is 0 Å². The molecule has 1 aromatic carbocycles. The number of rotatable bonds is 1. The van der Waals surface area contributed by atoms with Crippen LogP contribution in [-0.2, 0) is 0 Å². The molecule has 4 heteroatoms. The molecule has 3 N–H and O–H groups in total. The monoisotopic (exact) mass is 202 g/mol. The lowest BCUT2D eigenvalue weighted by atomic mass is 10.0. The molecule has 1 aliphatic heterocycles. The van der Waals surface area contributed by atoms with Gasteiger partial charge in [0.15, 0.2) is 0 Å². The van der Waals surface area contributed by atoms with Crippen LogP contribution in [0.15, 0.2) is 35.4 Å². The summed E-state index contributed by atoms with van der Waals surface area (Å²) in [7, 11) is 0. The van der Waals surface area contributed by atoms with Gasteiger partial charge in [-0.3, -0.25) is 5.41 Å². The third-order valence-electron chi connectivity index (χ3n) is 2.49. The van der Waals surface area contributed by atoms with Gasteiger partial charge in [0.2, 0.25) is 5.96 Å². The fraction of sp³-hybridized carbons (Fsp3) is 0.273. The number of benzene rings is 1. The van der Waals surface area contributed by atoms with Crippen LogP contribution < -0.4 is 5.73 Å². The Morgan fingerprint density at radius 3 is 2.73 bits per heavy atom. The summed E-state index contributed by atoms with van der Waals surface area (Å²) in [6.07, 6.45) is 0.837. The Kier molecular flexibility index (Phi) is 2.41. The quantitative estimate of drug-likeness (QED) is 0.537. The van der Waals surface area contributed by atoms with Crippen molar-refractivity contribution in [1.82, 2.24) is 5.01 Å². The highest BCUT2D eigenvalue weighted by Crippen LogP contribution is 2.29. The summed E-state index contributed by atoms with van der Waals surface area (Å²) in [5.41, 5.74) is 7.65. The largest absolute Gasteiger partial charge is 0.369 e. The van der Waals surface area contributed by atoms with Gasteiger partial charge in [-0.15, -0.1) is 0 Å². The van der Waals surface area contributed by atoms with Crippen molar-refractivity contribution >= 4 is 11.7 Å². The van der Waals surface area contributed by atoms with Gasteiger partial charge in [-0.1, -0.05) is 30.3 Å². The Labute approximate surface area is 88.9 Å². The second kappa shape index (κ2) is 3.73. The molecule has 1 heterocycles. The molecule has 1 aromatic rings. The number of hydrogen-bond acceptors (Lipinski definition) is 2. The topological polar surface area (TPSA) is 65.5 Å². The van der Waals surface area contributed by atoms with Crippen molar-refractivity contribution in [1.29, 1.82) is 5.41 Å². The summed E-state index contributed by atoms with van der Waals surface area (Å²) < 4.78 is 0. The average Bonchev–Trinajstić information content (AvgIpc) is 2.62. The summed E-state index contributed by atoms with van der Waals surface area (Å²) in [5, 5.41) is 13.3. The summed E-state index contributed by atoms with van der Waals surface area (Å²) in [6, 6.07) is 10.1. The van der Waals surface area contributed by atoms with Gasteiger partial charge in [0, 0.05) is 12.1 Å². The highest BCUT2D eigenvalue weighted by atomic mass is 15.5. The molecule has 0 spiro atoms. The zero-order valence-corrected chi connectivity index (χ0v) is 8.64. The van der Waals surface area contributed by atoms with Crippen molar-refractivity contribution in [2.45, 2.75) is 19.4 Å². The number of hydrazone groups is 1. The minimum atomic E-state index is 0.000651. The minimum Gasteiger partial charge on any atom is -0.369 e. The molecular weight excluding hydrogens is 188 g/mol. The lowest BCUT2D eigenvalue weighted by Gasteiger charge is -2.21. The Hall–Kier alpha value is -1.84. The first-order valence-corrected chi connectivity index (χ1v) is 4.91. The molecule has 15 heavy (non-hydrogen) atoms. The zero-order valence-electron chi connectivity index (χ0n) is 8.64. The molecule has 1 aliphatic rings. The first kappa shape index (κ1) is 9.71. The van der Waals surface area contributed by atoms with Crippen LogP contribution in [0.4, 0.5) is 0 Å². The maximum absolute atomic E-state index is 7.46. The van der Waals surface area contributed by atoms with E-state index in [9.17, 15) is 0 Å². The summed E-state index contributed by atoms with van der Waals surface area (Å²) in [4.78, 5) is 0. The van der Waals surface area contributed by atoms with Gasteiger partial charge in [-0.25, -0.2) is 5.01 Å². The number of nitrogens with zero attached hydrogens (tertiary/aromatic N) is 2. The Morgan fingerprint density at radius 2 is 2.13 bits per heavy atom. The standard InChI is InChI=1S/C11H14N4/c1-8-7-10(15(14-8)11(12)13)9-5-3-2-4-6-9/h2-6,10H,7H2,1H3,(H3,12,13). The molecule has 0 amide bonds. The SMILES string of the molecule is CC1=NN(C(=N)N)C(c2ccccc2)C1. The molecule has 0 aromatic heterocycles. The predicted octanol–water partition coefficient (Wildman–Crippen LogP) is 1.70. The van der Waals surface area contributed by atoms with Crippen LogP contribution in [-0.4, -0.2) is 16.7 Å². The van der Waals surface area contributed by atoms with Crippen molar-refractivity contribution < 1.29 is 0 Å². The van der Waals surface area contributed by atoms with E-state index in [0.29, 0.717) is 0 Å². The van der Waals surface area contributed by atoms with E-state index < -0.39 is 0 Å². The molecule has 0 radical (unpaired) electrons. The number of nitrogens with one attached hydrogen (secondary N) is 1. The fourth-order valence-electron chi connectivity index (χ4n) is 1.82. The van der Waals surface area contributed by atoms with Crippen LogP contribution in [0.2, 0.25) is 0 Å². The second-order valence-corrected chi connectivity index (χ2v) is 3.70. The molecule has 4 nitrogen and oxygen atoms in total. The Morgan fingerprint density at radius 1 is 1.47 bits per heavy atom. The van der Waals surface area contributed by atoms with Crippen molar-refractivity contribution in [2.24, 2.45) is 10.8 Å². The van der Waals surface area contributed by atoms with E-state index in [2.05, 4.69) is 5.10 Å². The fourth-order valence-corrected chi connectivity index (χ4v) is 1.82. The average molecular weight is 202 g/mol. The van der Waals surface area contributed by atoms with E-state index in [0.717, 1.165) is 17.7 Å². The van der Waals surface area contributed by atoms with E-state index in [4.69, 9.17) is 11.1 Å². The maximum atomic E-state index is 7.46. The first-order valence-electron chi connectivity index (χ1n) is 4.91.